The summed E-state index contributed by atoms with van der Waals surface area (Å²) in [6.45, 7) is 0.306. The van der Waals surface area contributed by atoms with E-state index in [0.29, 0.717) is 68.6 Å². The van der Waals surface area contributed by atoms with Gasteiger partial charge in [0.2, 0.25) is 0 Å². The number of carbonyl (C=O) groups is 3. The van der Waals surface area contributed by atoms with E-state index in [9.17, 15) is 29.4 Å². The van der Waals surface area contributed by atoms with Gasteiger partial charge in [-0.1, -0.05) is 78.9 Å². The van der Waals surface area contributed by atoms with Gasteiger partial charge in [-0.3, -0.25) is 9.59 Å². The number of esters is 1. The first-order valence-electron chi connectivity index (χ1n) is 17.9. The molecule has 7 rings (SSSR count). The van der Waals surface area contributed by atoms with E-state index in [1.54, 1.807) is 42.5 Å². The number of thiocarbonyl (C=S) groups is 1. The zero-order valence-corrected chi connectivity index (χ0v) is 32.2. The Hall–Kier alpha value is -6.68. The number of phenols is 1. The number of hydrogen-bond donors (Lipinski definition) is 4. The van der Waals surface area contributed by atoms with Gasteiger partial charge >= 0.3 is 11.9 Å². The van der Waals surface area contributed by atoms with Crippen molar-refractivity contribution in [1.82, 2.24) is 5.32 Å². The number of phenolic OH excluding ortho intramolecular Hbond substituents is 1. The minimum atomic E-state index is -1.20. The molecule has 1 amide bonds. The van der Waals surface area contributed by atoms with Crippen LogP contribution in [0.4, 0.5) is 5.69 Å². The molecule has 1 aliphatic carbocycles. The molecule has 4 N–H and O–H groups in total. The number of carboxylic acid groups (broad SMARTS) is 1. The monoisotopic (exact) mass is 794 g/mol. The maximum Gasteiger partial charge on any atom is 0.338 e. The Kier molecular flexibility index (Phi) is 11.5. The Bertz CT molecular complexity index is 2640. The molecular formula is C45H35N2O8PS. The second kappa shape index (κ2) is 17.0. The number of aromatic hydroxyl groups is 1. The van der Waals surface area contributed by atoms with Crippen molar-refractivity contribution in [2.75, 3.05) is 19.0 Å². The van der Waals surface area contributed by atoms with Crippen molar-refractivity contribution < 1.29 is 33.8 Å². The summed E-state index contributed by atoms with van der Waals surface area (Å²) in [4.78, 5) is 51.7. The van der Waals surface area contributed by atoms with Gasteiger partial charge in [-0.15, -0.1) is 0 Å². The highest BCUT2D eigenvalue weighted by atomic mass is 32.1. The van der Waals surface area contributed by atoms with E-state index >= 15 is 0 Å². The van der Waals surface area contributed by atoms with Gasteiger partial charge in [0.1, 0.15) is 17.1 Å². The number of aromatic carboxylic acids is 1. The van der Waals surface area contributed by atoms with Gasteiger partial charge < -0.3 is 30.0 Å². The van der Waals surface area contributed by atoms with Crippen LogP contribution in [0.1, 0.15) is 43.9 Å². The lowest BCUT2D eigenvalue weighted by atomic mass is 9.90. The zero-order valence-electron chi connectivity index (χ0n) is 30.5. The molecule has 0 unspecified atom stereocenters. The summed E-state index contributed by atoms with van der Waals surface area (Å²) in [6.07, 6.45) is 0.894. The number of amides is 1. The van der Waals surface area contributed by atoms with Crippen LogP contribution in [-0.2, 0) is 4.74 Å². The molecule has 2 aliphatic rings. The number of carbonyl (C=O) groups excluding carboxylic acids is 2. The van der Waals surface area contributed by atoms with Gasteiger partial charge in [-0.05, 0) is 91.5 Å². The molecule has 0 bridgehead atoms. The molecule has 284 valence electrons. The SMILES string of the molecule is COC(=O)c1ccc(C(=O)NCCCC(=S)Nc2ccc(-c3c4ccc(=O)cc-4oc4cc(O)ccc34)c(C(=O)O)c2)cc1P(c1ccccc1)c1ccccc1. The first-order valence-corrected chi connectivity index (χ1v) is 19.6. The van der Waals surface area contributed by atoms with Crippen molar-refractivity contribution in [1.29, 1.82) is 0 Å². The average Bonchev–Trinajstić information content (AvgIpc) is 3.22. The lowest BCUT2D eigenvalue weighted by Gasteiger charge is -2.22. The van der Waals surface area contributed by atoms with E-state index < -0.39 is 19.9 Å². The predicted molar refractivity (Wildman–Crippen MR) is 227 cm³/mol. The number of carboxylic acids is 1. The van der Waals surface area contributed by atoms with E-state index in [4.69, 9.17) is 21.4 Å². The number of rotatable bonds is 12. The summed E-state index contributed by atoms with van der Waals surface area (Å²) in [6, 6.07) is 38.5. The number of ether oxygens (including phenoxy) is 1. The predicted octanol–water partition coefficient (Wildman–Crippen LogP) is 7.46. The molecule has 5 aromatic rings. The molecule has 1 aliphatic heterocycles. The number of benzene rings is 6. The van der Waals surface area contributed by atoms with Gasteiger partial charge in [0.25, 0.3) is 5.91 Å². The average molecular weight is 795 g/mol. The van der Waals surface area contributed by atoms with Crippen molar-refractivity contribution >= 4 is 75.5 Å². The van der Waals surface area contributed by atoms with Crippen LogP contribution in [0, 0.1) is 0 Å². The first kappa shape index (κ1) is 38.6. The van der Waals surface area contributed by atoms with E-state index in [0.717, 1.165) is 10.6 Å². The van der Waals surface area contributed by atoms with Gasteiger partial charge in [0.15, 0.2) is 5.43 Å². The smallest absolute Gasteiger partial charge is 0.338 e. The second-order valence-electron chi connectivity index (χ2n) is 13.0. The highest BCUT2D eigenvalue weighted by Crippen LogP contribution is 2.42. The van der Waals surface area contributed by atoms with Crippen LogP contribution < -0.4 is 32.0 Å². The Morgan fingerprint density at radius 3 is 2.18 bits per heavy atom. The first-order chi connectivity index (χ1) is 27.6. The third-order valence-electron chi connectivity index (χ3n) is 9.28. The number of hydrogen-bond acceptors (Lipinski definition) is 8. The van der Waals surface area contributed by atoms with Gasteiger partial charge in [-0.25, -0.2) is 9.59 Å². The van der Waals surface area contributed by atoms with Crippen LogP contribution in [0.15, 0.2) is 143 Å². The Morgan fingerprint density at radius 1 is 0.789 bits per heavy atom. The van der Waals surface area contributed by atoms with Crippen molar-refractivity contribution in [2.45, 2.75) is 12.8 Å². The van der Waals surface area contributed by atoms with Crippen molar-refractivity contribution in [3.8, 4) is 28.2 Å². The Morgan fingerprint density at radius 2 is 1.49 bits per heavy atom. The molecule has 5 aromatic carbocycles. The summed E-state index contributed by atoms with van der Waals surface area (Å²) in [7, 11) is 0.134. The van der Waals surface area contributed by atoms with Gasteiger partial charge in [-0.2, -0.15) is 0 Å². The molecule has 1 heterocycles. The summed E-state index contributed by atoms with van der Waals surface area (Å²) in [5, 5.41) is 29.8. The largest absolute Gasteiger partial charge is 0.508 e. The molecule has 0 atom stereocenters. The van der Waals surface area contributed by atoms with Crippen molar-refractivity contribution in [3.63, 3.8) is 0 Å². The molecular weight excluding hydrogens is 760 g/mol. The highest BCUT2D eigenvalue weighted by Gasteiger charge is 2.25. The summed E-state index contributed by atoms with van der Waals surface area (Å²) in [5.41, 5.74) is 2.73. The van der Waals surface area contributed by atoms with Crippen LogP contribution in [0.25, 0.3) is 33.4 Å². The maximum atomic E-state index is 13.5. The quantitative estimate of drug-likeness (QED) is 0.0322. The van der Waals surface area contributed by atoms with Crippen LogP contribution in [-0.4, -0.2) is 46.7 Å². The third kappa shape index (κ3) is 8.45. The number of methoxy groups -OCH3 is 1. The maximum absolute atomic E-state index is 13.5. The highest BCUT2D eigenvalue weighted by molar-refractivity contribution is 7.80. The summed E-state index contributed by atoms with van der Waals surface area (Å²) < 4.78 is 11.0. The van der Waals surface area contributed by atoms with E-state index in [2.05, 4.69) is 10.6 Å². The number of fused-ring (bicyclic) bond motifs is 2. The van der Waals surface area contributed by atoms with Crippen molar-refractivity contribution in [3.05, 3.63) is 160 Å². The molecule has 0 saturated heterocycles. The number of nitrogens with one attached hydrogen (secondary N) is 2. The van der Waals surface area contributed by atoms with Crippen molar-refractivity contribution in [2.24, 2.45) is 0 Å². The third-order valence-corrected chi connectivity index (χ3v) is 12.1. The molecule has 57 heavy (non-hydrogen) atoms. The lowest BCUT2D eigenvalue weighted by molar-refractivity contribution is 0.0601. The van der Waals surface area contributed by atoms with Gasteiger partial charge in [0.05, 0.1) is 23.2 Å². The second-order valence-corrected chi connectivity index (χ2v) is 15.7. The van der Waals surface area contributed by atoms with E-state index in [1.165, 1.54) is 37.4 Å². The van der Waals surface area contributed by atoms with Crippen LogP contribution >= 0.6 is 20.1 Å². The Balaban J connectivity index is 1.06. The van der Waals surface area contributed by atoms with E-state index in [-0.39, 0.29) is 34.0 Å². The topological polar surface area (TPSA) is 155 Å². The summed E-state index contributed by atoms with van der Waals surface area (Å²) in [5.74, 6) is -1.75. The van der Waals surface area contributed by atoms with Crippen LogP contribution in [0.2, 0.25) is 0 Å². The van der Waals surface area contributed by atoms with Crippen LogP contribution in [0.3, 0.4) is 0 Å². The molecule has 0 saturated carbocycles. The fourth-order valence-electron chi connectivity index (χ4n) is 6.66. The minimum Gasteiger partial charge on any atom is -0.508 e. The fourth-order valence-corrected chi connectivity index (χ4v) is 9.40. The van der Waals surface area contributed by atoms with E-state index in [1.807, 2.05) is 60.7 Å². The fraction of sp³-hybridized carbons (Fsp3) is 0.0889. The Labute approximate surface area is 333 Å². The molecule has 0 spiro atoms. The zero-order chi connectivity index (χ0) is 40.1. The summed E-state index contributed by atoms with van der Waals surface area (Å²) >= 11 is 5.60. The lowest BCUT2D eigenvalue weighted by Crippen LogP contribution is -2.29. The van der Waals surface area contributed by atoms with Gasteiger partial charge in [0, 0.05) is 51.7 Å². The minimum absolute atomic E-state index is 0.0103. The standard InChI is InChI=1S/C45H35N2O8PS/c1-54-45(53)36-18-14-27(23-40(36)56(31-9-4-2-5-10-31)32-11-6-3-7-12-32)43(50)46-22-8-13-41(57)47-28-15-19-33(37(24-28)44(51)52)42-34-20-16-29(48)25-38(34)55-39-26-30(49)17-21-35(39)42/h2-7,9-12,14-21,23-26,48H,8,13,22H2,1H3,(H,46,50)(H,47,57)(H,51,52). The molecule has 10 nitrogen and oxygen atoms in total. The normalized spacial score (nSPS) is 11.1. The molecule has 0 fully saturated rings. The molecule has 12 heteroatoms. The van der Waals surface area contributed by atoms with Crippen LogP contribution in [0.5, 0.6) is 5.75 Å². The molecule has 0 radical (unpaired) electrons. The molecule has 0 aromatic heterocycles. The number of anilines is 1.